The molecule has 0 spiro atoms. The van der Waals surface area contributed by atoms with Gasteiger partial charge in [-0.2, -0.15) is 0 Å². The molecule has 1 aliphatic rings. The minimum Gasteiger partial charge on any atom is -0.544 e. The molecule has 0 aliphatic carbocycles. The molecule has 1 saturated heterocycles. The van der Waals surface area contributed by atoms with Gasteiger partial charge >= 0.3 is 0 Å². The van der Waals surface area contributed by atoms with Gasteiger partial charge in [-0.1, -0.05) is 0 Å². The number of carboxylic acids is 1. The van der Waals surface area contributed by atoms with Gasteiger partial charge in [0.15, 0.2) is 0 Å². The first-order valence-corrected chi connectivity index (χ1v) is 4.97. The first kappa shape index (κ1) is 10.5. The normalized spacial score (nSPS) is 29.2. The van der Waals surface area contributed by atoms with Crippen LogP contribution in [0.15, 0.2) is 0 Å². The van der Waals surface area contributed by atoms with E-state index in [9.17, 15) is 9.90 Å². The quantitative estimate of drug-likeness (QED) is 0.472. The van der Waals surface area contributed by atoms with Crippen molar-refractivity contribution in [3.63, 3.8) is 0 Å². The monoisotopic (exact) mass is 187 g/mol. The van der Waals surface area contributed by atoms with E-state index in [0.717, 1.165) is 31.1 Å². The lowest BCUT2D eigenvalue weighted by molar-refractivity contribution is -1.02. The molecule has 0 aromatic carbocycles. The zero-order valence-electron chi connectivity index (χ0n) is 8.43. The van der Waals surface area contributed by atoms with Crippen LogP contribution in [0.3, 0.4) is 0 Å². The SMILES string of the molecule is CC(C)[NH+]1CC[NH+](CC(=O)[O-])CC1. The van der Waals surface area contributed by atoms with Crippen molar-refractivity contribution in [2.45, 2.75) is 19.9 Å². The van der Waals surface area contributed by atoms with Crippen LogP contribution < -0.4 is 14.9 Å². The number of piperazine rings is 1. The number of nitrogens with one attached hydrogen (secondary N) is 2. The predicted octanol–water partition coefficient (Wildman–Crippen LogP) is -4.07. The van der Waals surface area contributed by atoms with E-state index in [2.05, 4.69) is 13.8 Å². The van der Waals surface area contributed by atoms with Gasteiger partial charge in [0.1, 0.15) is 32.7 Å². The van der Waals surface area contributed by atoms with Crippen LogP contribution in [0.4, 0.5) is 0 Å². The van der Waals surface area contributed by atoms with Crippen molar-refractivity contribution in [2.24, 2.45) is 0 Å². The zero-order chi connectivity index (χ0) is 9.84. The van der Waals surface area contributed by atoms with Crippen molar-refractivity contribution in [1.82, 2.24) is 0 Å². The van der Waals surface area contributed by atoms with Crippen LogP contribution in [-0.4, -0.2) is 44.7 Å². The fourth-order valence-electron chi connectivity index (χ4n) is 1.88. The first-order chi connectivity index (χ1) is 6.09. The van der Waals surface area contributed by atoms with Crippen molar-refractivity contribution >= 4 is 5.97 Å². The molecule has 1 fully saturated rings. The van der Waals surface area contributed by atoms with Gasteiger partial charge in [-0.25, -0.2) is 0 Å². The van der Waals surface area contributed by atoms with E-state index in [-0.39, 0.29) is 6.54 Å². The lowest BCUT2D eigenvalue weighted by Crippen LogP contribution is -3.29. The summed E-state index contributed by atoms with van der Waals surface area (Å²) in [6, 6.07) is 0.657. The second-order valence-electron chi connectivity index (χ2n) is 4.11. The summed E-state index contributed by atoms with van der Waals surface area (Å²) in [5.41, 5.74) is 0. The van der Waals surface area contributed by atoms with Gasteiger partial charge in [0.2, 0.25) is 0 Å². The largest absolute Gasteiger partial charge is 0.544 e. The standard InChI is InChI=1S/C9H18N2O2/c1-8(2)11-5-3-10(4-6-11)7-9(12)13/h8H,3-7H2,1-2H3,(H,12,13)/p+1. The van der Waals surface area contributed by atoms with Gasteiger partial charge in [-0.15, -0.1) is 0 Å². The van der Waals surface area contributed by atoms with Gasteiger partial charge in [0.05, 0.1) is 12.0 Å². The summed E-state index contributed by atoms with van der Waals surface area (Å²) in [6.45, 7) is 8.67. The summed E-state index contributed by atoms with van der Waals surface area (Å²) in [6.07, 6.45) is 0. The summed E-state index contributed by atoms with van der Waals surface area (Å²) < 4.78 is 0. The molecule has 76 valence electrons. The summed E-state index contributed by atoms with van der Waals surface area (Å²) in [5.74, 6) is -0.928. The van der Waals surface area contributed by atoms with Crippen molar-refractivity contribution in [2.75, 3.05) is 32.7 Å². The lowest BCUT2D eigenvalue weighted by atomic mass is 10.2. The van der Waals surface area contributed by atoms with E-state index in [1.807, 2.05) is 0 Å². The molecule has 1 rings (SSSR count). The molecule has 0 aromatic heterocycles. The summed E-state index contributed by atoms with van der Waals surface area (Å²) in [5, 5.41) is 10.3. The van der Waals surface area contributed by atoms with Crippen molar-refractivity contribution in [3.8, 4) is 0 Å². The fourth-order valence-corrected chi connectivity index (χ4v) is 1.88. The Hall–Kier alpha value is -0.610. The highest BCUT2D eigenvalue weighted by molar-refractivity contribution is 5.65. The Morgan fingerprint density at radius 1 is 1.31 bits per heavy atom. The molecule has 0 bridgehead atoms. The van der Waals surface area contributed by atoms with E-state index < -0.39 is 5.97 Å². The second-order valence-corrected chi connectivity index (χ2v) is 4.11. The van der Waals surface area contributed by atoms with Crippen molar-refractivity contribution < 1.29 is 19.7 Å². The van der Waals surface area contributed by atoms with Crippen LogP contribution in [-0.2, 0) is 4.79 Å². The maximum atomic E-state index is 10.3. The van der Waals surface area contributed by atoms with Crippen LogP contribution in [0.2, 0.25) is 0 Å². The number of carbonyl (C=O) groups excluding carboxylic acids is 1. The number of carbonyl (C=O) groups is 1. The maximum absolute atomic E-state index is 10.3. The van der Waals surface area contributed by atoms with E-state index in [0.29, 0.717) is 6.04 Å². The topological polar surface area (TPSA) is 49.0 Å². The van der Waals surface area contributed by atoms with Gasteiger partial charge in [-0.3, -0.25) is 0 Å². The highest BCUT2D eigenvalue weighted by Gasteiger charge is 2.24. The molecule has 13 heavy (non-hydrogen) atoms. The summed E-state index contributed by atoms with van der Waals surface area (Å²) in [7, 11) is 0. The van der Waals surface area contributed by atoms with Gasteiger partial charge < -0.3 is 19.7 Å². The molecule has 2 N–H and O–H groups in total. The Labute approximate surface area is 79.1 Å². The maximum Gasteiger partial charge on any atom is 0.127 e. The Morgan fingerprint density at radius 3 is 2.23 bits per heavy atom. The number of hydrogen-bond donors (Lipinski definition) is 2. The third-order valence-corrected chi connectivity index (χ3v) is 2.81. The smallest absolute Gasteiger partial charge is 0.127 e. The van der Waals surface area contributed by atoms with Gasteiger partial charge in [-0.05, 0) is 13.8 Å². The van der Waals surface area contributed by atoms with Gasteiger partial charge in [0, 0.05) is 0 Å². The highest BCUT2D eigenvalue weighted by atomic mass is 16.4. The molecule has 1 aliphatic heterocycles. The molecule has 4 heteroatoms. The van der Waals surface area contributed by atoms with Crippen LogP contribution in [0.25, 0.3) is 0 Å². The number of rotatable bonds is 3. The minimum atomic E-state index is -0.928. The Bertz CT molecular complexity index is 174. The predicted molar refractivity (Wildman–Crippen MR) is 46.4 cm³/mol. The Morgan fingerprint density at radius 2 is 1.85 bits per heavy atom. The Kier molecular flexibility index (Phi) is 3.69. The lowest BCUT2D eigenvalue weighted by Gasteiger charge is -2.31. The number of quaternary nitrogens is 2. The molecule has 0 saturated carbocycles. The van der Waals surface area contributed by atoms with Crippen molar-refractivity contribution in [1.29, 1.82) is 0 Å². The van der Waals surface area contributed by atoms with Crippen LogP contribution in [0, 0.1) is 0 Å². The molecule has 0 unspecified atom stereocenters. The molecular formula is C9H19N2O2+. The van der Waals surface area contributed by atoms with Crippen LogP contribution >= 0.6 is 0 Å². The Balaban J connectivity index is 2.26. The number of aliphatic carboxylic acids is 1. The molecule has 0 aromatic rings. The fraction of sp³-hybridized carbons (Fsp3) is 0.889. The van der Waals surface area contributed by atoms with E-state index in [1.54, 1.807) is 4.90 Å². The van der Waals surface area contributed by atoms with Gasteiger partial charge in [0.25, 0.3) is 0 Å². The third kappa shape index (κ3) is 3.32. The van der Waals surface area contributed by atoms with Crippen molar-refractivity contribution in [3.05, 3.63) is 0 Å². The van der Waals surface area contributed by atoms with E-state index in [4.69, 9.17) is 0 Å². The average molecular weight is 187 g/mol. The molecule has 4 nitrogen and oxygen atoms in total. The van der Waals surface area contributed by atoms with E-state index >= 15 is 0 Å². The number of carboxylic acid groups (broad SMARTS) is 1. The molecule has 1 heterocycles. The van der Waals surface area contributed by atoms with E-state index in [1.165, 1.54) is 0 Å². The molecule has 0 radical (unpaired) electrons. The number of hydrogen-bond acceptors (Lipinski definition) is 2. The summed E-state index contributed by atoms with van der Waals surface area (Å²) >= 11 is 0. The zero-order valence-corrected chi connectivity index (χ0v) is 8.43. The summed E-state index contributed by atoms with van der Waals surface area (Å²) in [4.78, 5) is 13.1. The highest BCUT2D eigenvalue weighted by Crippen LogP contribution is 1.69. The minimum absolute atomic E-state index is 0.172. The first-order valence-electron chi connectivity index (χ1n) is 4.97. The van der Waals surface area contributed by atoms with Crippen LogP contribution in [0.1, 0.15) is 13.8 Å². The molecular weight excluding hydrogens is 168 g/mol. The molecule has 0 atom stereocenters. The second kappa shape index (κ2) is 4.58. The average Bonchev–Trinajstić information content (AvgIpc) is 2.04. The molecule has 0 amide bonds. The van der Waals surface area contributed by atoms with Crippen LogP contribution in [0.5, 0.6) is 0 Å². The third-order valence-electron chi connectivity index (χ3n) is 2.81.